The Morgan fingerprint density at radius 3 is 2.53 bits per heavy atom. The number of alkyl halides is 3. The summed E-state index contributed by atoms with van der Waals surface area (Å²) in [6.45, 7) is 6.66. The number of carbonyl (C=O) groups is 2. The van der Waals surface area contributed by atoms with E-state index in [2.05, 4.69) is 20.4 Å². The van der Waals surface area contributed by atoms with E-state index in [0.717, 1.165) is 30.1 Å². The number of carbonyl (C=O) groups excluding carboxylic acids is 2. The van der Waals surface area contributed by atoms with Crippen LogP contribution in [0.5, 0.6) is 0 Å². The van der Waals surface area contributed by atoms with Crippen LogP contribution in [0.4, 0.5) is 18.9 Å². The quantitative estimate of drug-likeness (QED) is 0.628. The van der Waals surface area contributed by atoms with E-state index in [1.165, 1.54) is 4.90 Å². The van der Waals surface area contributed by atoms with Gasteiger partial charge in [-0.15, -0.1) is 0 Å². The summed E-state index contributed by atoms with van der Waals surface area (Å²) >= 11 is 0. The number of anilines is 1. The van der Waals surface area contributed by atoms with E-state index in [1.807, 2.05) is 26.8 Å². The molecule has 5 rings (SSSR count). The second kappa shape index (κ2) is 7.51. The number of hydrogen-bond donors (Lipinski definition) is 1. The molecule has 2 aliphatic rings. The minimum Gasteiger partial charge on any atom is -0.337 e. The van der Waals surface area contributed by atoms with Crippen LogP contribution in [0.1, 0.15) is 65.6 Å². The molecule has 1 fully saturated rings. The Bertz CT molecular complexity index is 1330. The van der Waals surface area contributed by atoms with Gasteiger partial charge in [0, 0.05) is 36.3 Å². The number of amides is 2. The third kappa shape index (κ3) is 3.59. The summed E-state index contributed by atoms with van der Waals surface area (Å²) in [6.07, 6.45) is -0.865. The van der Waals surface area contributed by atoms with Gasteiger partial charge in [-0.3, -0.25) is 9.59 Å². The van der Waals surface area contributed by atoms with Gasteiger partial charge >= 0.3 is 6.18 Å². The van der Waals surface area contributed by atoms with Crippen LogP contribution in [0.15, 0.2) is 24.5 Å². The number of fused-ring (bicyclic) bond motifs is 3. The molecule has 34 heavy (non-hydrogen) atoms. The average Bonchev–Trinajstić information content (AvgIpc) is 3.21. The summed E-state index contributed by atoms with van der Waals surface area (Å²) in [6, 6.07) is 2.62. The number of halogens is 3. The second-order valence-corrected chi connectivity index (χ2v) is 9.51. The third-order valence-corrected chi connectivity index (χ3v) is 6.49. The Morgan fingerprint density at radius 2 is 1.88 bits per heavy atom. The van der Waals surface area contributed by atoms with Crippen molar-refractivity contribution in [2.24, 2.45) is 0 Å². The van der Waals surface area contributed by atoms with Gasteiger partial charge in [0.05, 0.1) is 34.8 Å². The summed E-state index contributed by atoms with van der Waals surface area (Å²) in [7, 11) is 0. The van der Waals surface area contributed by atoms with Crippen molar-refractivity contribution < 1.29 is 22.8 Å². The van der Waals surface area contributed by atoms with Crippen LogP contribution in [0.2, 0.25) is 0 Å². The van der Waals surface area contributed by atoms with Crippen molar-refractivity contribution in [3.63, 3.8) is 0 Å². The first kappa shape index (κ1) is 22.3. The van der Waals surface area contributed by atoms with E-state index in [0.29, 0.717) is 30.7 Å². The first-order chi connectivity index (χ1) is 16.0. The van der Waals surface area contributed by atoms with E-state index < -0.39 is 40.6 Å². The summed E-state index contributed by atoms with van der Waals surface area (Å²) in [4.78, 5) is 35.1. The zero-order chi connectivity index (χ0) is 24.4. The highest BCUT2D eigenvalue weighted by atomic mass is 19.4. The van der Waals surface area contributed by atoms with Crippen LogP contribution >= 0.6 is 0 Å². The Kier molecular flexibility index (Phi) is 4.92. The van der Waals surface area contributed by atoms with Gasteiger partial charge in [-0.2, -0.15) is 18.3 Å². The molecule has 1 aliphatic heterocycles. The van der Waals surface area contributed by atoms with Crippen LogP contribution in [0.3, 0.4) is 0 Å². The van der Waals surface area contributed by atoms with Crippen LogP contribution in [-0.2, 0) is 16.4 Å². The number of rotatable bonds is 3. The molecule has 1 N–H and O–H groups in total. The van der Waals surface area contributed by atoms with E-state index >= 15 is 0 Å². The lowest BCUT2D eigenvalue weighted by atomic mass is 9.88. The number of pyridine rings is 1. The zero-order valence-electron chi connectivity index (χ0n) is 18.9. The Labute approximate surface area is 193 Å². The third-order valence-electron chi connectivity index (χ3n) is 6.49. The standard InChI is InChI=1S/C23H23F3N6O2/c1-12-7-17-27-11-15-14(9-22(2,3)19(15)32(17)30-12)20(33)29-13-8-16(23(24,25)26)18(28-10-13)21(34)31-5-4-6-31/h7-8,10-11,14H,4-6,9H2,1-3H3,(H,29,33). The van der Waals surface area contributed by atoms with Gasteiger partial charge in [0.2, 0.25) is 5.91 Å². The SMILES string of the molecule is Cc1cc2ncc3c(n2n1)C(C)(C)CC3C(=O)Nc1cnc(C(=O)N2CCC2)c(C(F)(F)F)c1. The predicted octanol–water partition coefficient (Wildman–Crippen LogP) is 3.70. The van der Waals surface area contributed by atoms with Crippen molar-refractivity contribution in [1.82, 2.24) is 24.5 Å². The Morgan fingerprint density at radius 1 is 1.15 bits per heavy atom. The average molecular weight is 472 g/mol. The van der Waals surface area contributed by atoms with E-state index in [9.17, 15) is 22.8 Å². The lowest BCUT2D eigenvalue weighted by Crippen LogP contribution is -2.43. The number of nitrogens with zero attached hydrogens (tertiary/aromatic N) is 5. The molecule has 0 radical (unpaired) electrons. The molecule has 1 aliphatic carbocycles. The smallest absolute Gasteiger partial charge is 0.337 e. The summed E-state index contributed by atoms with van der Waals surface area (Å²) < 4.78 is 42.9. The Balaban J connectivity index is 1.46. The molecule has 11 heteroatoms. The summed E-state index contributed by atoms with van der Waals surface area (Å²) in [5, 5.41) is 7.07. The maximum atomic E-state index is 13.7. The minimum absolute atomic E-state index is 0.118. The first-order valence-corrected chi connectivity index (χ1v) is 11.0. The maximum absolute atomic E-state index is 13.7. The highest BCUT2D eigenvalue weighted by Crippen LogP contribution is 2.46. The second-order valence-electron chi connectivity index (χ2n) is 9.51. The fourth-order valence-corrected chi connectivity index (χ4v) is 4.76. The molecule has 4 heterocycles. The number of hydrogen-bond acceptors (Lipinski definition) is 5. The van der Waals surface area contributed by atoms with Crippen molar-refractivity contribution in [1.29, 1.82) is 0 Å². The molecule has 0 aromatic carbocycles. The molecule has 3 aromatic heterocycles. The molecule has 178 valence electrons. The lowest BCUT2D eigenvalue weighted by molar-refractivity contribution is -0.138. The molecule has 8 nitrogen and oxygen atoms in total. The highest BCUT2D eigenvalue weighted by molar-refractivity contribution is 5.98. The molecule has 0 bridgehead atoms. The van der Waals surface area contributed by atoms with Crippen molar-refractivity contribution in [2.45, 2.75) is 51.1 Å². The van der Waals surface area contributed by atoms with Gasteiger partial charge in [-0.25, -0.2) is 14.5 Å². The normalized spacial score (nSPS) is 19.1. The van der Waals surface area contributed by atoms with Crippen LogP contribution in [-0.4, -0.2) is 49.4 Å². The topological polar surface area (TPSA) is 92.5 Å². The molecule has 0 saturated carbocycles. The zero-order valence-corrected chi connectivity index (χ0v) is 18.9. The van der Waals surface area contributed by atoms with Crippen molar-refractivity contribution in [2.75, 3.05) is 18.4 Å². The predicted molar refractivity (Wildman–Crippen MR) is 116 cm³/mol. The van der Waals surface area contributed by atoms with E-state index in [1.54, 1.807) is 10.7 Å². The van der Waals surface area contributed by atoms with Gasteiger partial charge < -0.3 is 10.2 Å². The lowest BCUT2D eigenvalue weighted by Gasteiger charge is -2.31. The van der Waals surface area contributed by atoms with Gasteiger partial charge in [0.1, 0.15) is 5.69 Å². The van der Waals surface area contributed by atoms with E-state index in [-0.39, 0.29) is 5.69 Å². The van der Waals surface area contributed by atoms with E-state index in [4.69, 9.17) is 0 Å². The molecule has 3 aromatic rings. The number of aryl methyl sites for hydroxylation is 1. The largest absolute Gasteiger partial charge is 0.418 e. The summed E-state index contributed by atoms with van der Waals surface area (Å²) in [5.74, 6) is -1.84. The molecular formula is C23H23F3N6O2. The number of nitrogens with one attached hydrogen (secondary N) is 1. The van der Waals surface area contributed by atoms with Gasteiger partial charge in [-0.1, -0.05) is 13.8 Å². The van der Waals surface area contributed by atoms with Gasteiger partial charge in [-0.05, 0) is 25.8 Å². The van der Waals surface area contributed by atoms with Gasteiger partial charge in [0.25, 0.3) is 5.91 Å². The number of likely N-dealkylation sites (tertiary alicyclic amines) is 1. The minimum atomic E-state index is -4.79. The van der Waals surface area contributed by atoms with Crippen LogP contribution in [0, 0.1) is 6.92 Å². The summed E-state index contributed by atoms with van der Waals surface area (Å²) in [5.41, 5.74) is 0.674. The molecule has 1 atom stereocenters. The maximum Gasteiger partial charge on any atom is 0.418 e. The monoisotopic (exact) mass is 472 g/mol. The van der Waals surface area contributed by atoms with Crippen molar-refractivity contribution in [3.8, 4) is 0 Å². The fraction of sp³-hybridized carbons (Fsp3) is 0.435. The molecule has 0 spiro atoms. The van der Waals surface area contributed by atoms with Gasteiger partial charge in [0.15, 0.2) is 5.65 Å². The first-order valence-electron chi connectivity index (χ1n) is 11.0. The molecule has 1 unspecified atom stereocenters. The van der Waals surface area contributed by atoms with Crippen LogP contribution < -0.4 is 5.32 Å². The Hall–Kier alpha value is -3.50. The fourth-order valence-electron chi connectivity index (χ4n) is 4.76. The molecular weight excluding hydrogens is 449 g/mol. The number of aromatic nitrogens is 4. The molecule has 1 saturated heterocycles. The van der Waals surface area contributed by atoms with Crippen molar-refractivity contribution >= 4 is 23.1 Å². The van der Waals surface area contributed by atoms with Crippen LogP contribution in [0.25, 0.3) is 5.65 Å². The molecule has 2 amide bonds. The van der Waals surface area contributed by atoms with Crippen molar-refractivity contribution in [3.05, 3.63) is 52.7 Å². The highest BCUT2D eigenvalue weighted by Gasteiger charge is 2.44.